The lowest BCUT2D eigenvalue weighted by Crippen LogP contribution is -2.39. The van der Waals surface area contributed by atoms with Crippen molar-refractivity contribution in [3.8, 4) is 0 Å². The largest absolute Gasteiger partial charge is 0.410 e. The van der Waals surface area contributed by atoms with Crippen LogP contribution in [0.25, 0.3) is 0 Å². The van der Waals surface area contributed by atoms with Crippen molar-refractivity contribution in [3.63, 3.8) is 0 Å². The SMILES string of the molecule is CC[C@@H]1C[C@H](C(F)(F)F)n2nc(C3CCCN3C(=O)Cn3nc(C)c(C)c3C)cc2N1. The maximum absolute atomic E-state index is 13.7. The van der Waals surface area contributed by atoms with E-state index in [1.165, 1.54) is 0 Å². The van der Waals surface area contributed by atoms with Gasteiger partial charge >= 0.3 is 6.18 Å². The molecule has 0 aromatic carbocycles. The fourth-order valence-corrected chi connectivity index (χ4v) is 4.63. The molecule has 10 heteroatoms. The molecule has 1 amide bonds. The molecule has 31 heavy (non-hydrogen) atoms. The predicted octanol–water partition coefficient (Wildman–Crippen LogP) is 4.07. The molecule has 2 aromatic heterocycles. The Kier molecular flexibility index (Phi) is 5.51. The van der Waals surface area contributed by atoms with Crippen LogP contribution in [0, 0.1) is 20.8 Å². The highest BCUT2D eigenvalue weighted by Gasteiger charge is 2.46. The zero-order chi connectivity index (χ0) is 22.5. The van der Waals surface area contributed by atoms with Gasteiger partial charge in [0.1, 0.15) is 12.4 Å². The Hall–Kier alpha value is -2.52. The van der Waals surface area contributed by atoms with E-state index >= 15 is 0 Å². The van der Waals surface area contributed by atoms with Gasteiger partial charge in [-0.15, -0.1) is 0 Å². The van der Waals surface area contributed by atoms with Gasteiger partial charge in [0.05, 0.1) is 17.4 Å². The zero-order valence-electron chi connectivity index (χ0n) is 18.3. The number of anilines is 1. The van der Waals surface area contributed by atoms with E-state index in [9.17, 15) is 18.0 Å². The number of nitrogens with zero attached hydrogens (tertiary/aromatic N) is 5. The van der Waals surface area contributed by atoms with E-state index in [1.54, 1.807) is 15.6 Å². The highest BCUT2D eigenvalue weighted by atomic mass is 19.4. The number of amides is 1. The summed E-state index contributed by atoms with van der Waals surface area (Å²) in [4.78, 5) is 14.8. The lowest BCUT2D eigenvalue weighted by atomic mass is 10.0. The molecule has 0 radical (unpaired) electrons. The molecule has 170 valence electrons. The fourth-order valence-electron chi connectivity index (χ4n) is 4.63. The summed E-state index contributed by atoms with van der Waals surface area (Å²) in [6, 6.07) is -0.533. The number of fused-ring (bicyclic) bond motifs is 1. The van der Waals surface area contributed by atoms with Crippen LogP contribution in [0.4, 0.5) is 19.0 Å². The summed E-state index contributed by atoms with van der Waals surface area (Å²) in [5.41, 5.74) is 3.41. The van der Waals surface area contributed by atoms with Crippen LogP contribution < -0.4 is 5.32 Å². The summed E-state index contributed by atoms with van der Waals surface area (Å²) in [6.45, 7) is 8.37. The average Bonchev–Trinajstić information content (AvgIpc) is 3.41. The van der Waals surface area contributed by atoms with Gasteiger partial charge in [0.2, 0.25) is 5.91 Å². The Bertz CT molecular complexity index is 979. The second-order valence-electron chi connectivity index (χ2n) is 8.64. The molecule has 2 aliphatic heterocycles. The summed E-state index contributed by atoms with van der Waals surface area (Å²) in [5.74, 6) is 0.287. The monoisotopic (exact) mass is 438 g/mol. The number of aromatic nitrogens is 4. The predicted molar refractivity (Wildman–Crippen MR) is 110 cm³/mol. The van der Waals surface area contributed by atoms with Gasteiger partial charge < -0.3 is 10.2 Å². The van der Waals surface area contributed by atoms with Crippen molar-refractivity contribution in [2.75, 3.05) is 11.9 Å². The molecule has 0 saturated carbocycles. The molecule has 1 N–H and O–H groups in total. The van der Waals surface area contributed by atoms with Gasteiger partial charge in [-0.25, -0.2) is 4.68 Å². The lowest BCUT2D eigenvalue weighted by Gasteiger charge is -2.32. The van der Waals surface area contributed by atoms with E-state index in [0.29, 0.717) is 30.9 Å². The molecule has 2 aliphatic rings. The second-order valence-corrected chi connectivity index (χ2v) is 8.64. The lowest BCUT2D eigenvalue weighted by molar-refractivity contribution is -0.173. The molecular formula is C21H29F3N6O. The van der Waals surface area contributed by atoms with E-state index in [4.69, 9.17) is 0 Å². The topological polar surface area (TPSA) is 68.0 Å². The summed E-state index contributed by atoms with van der Waals surface area (Å²) < 4.78 is 43.8. The third-order valence-corrected chi connectivity index (χ3v) is 6.72. The summed E-state index contributed by atoms with van der Waals surface area (Å²) in [6.07, 6.45) is -2.33. The van der Waals surface area contributed by atoms with Gasteiger partial charge in [-0.1, -0.05) is 6.92 Å². The molecule has 4 heterocycles. The number of likely N-dealkylation sites (tertiary alicyclic amines) is 1. The highest BCUT2D eigenvalue weighted by Crippen LogP contribution is 2.42. The minimum atomic E-state index is -4.37. The van der Waals surface area contributed by atoms with Gasteiger partial charge in [0.15, 0.2) is 6.04 Å². The van der Waals surface area contributed by atoms with Crippen molar-refractivity contribution in [1.29, 1.82) is 0 Å². The van der Waals surface area contributed by atoms with Crippen LogP contribution in [0.1, 0.15) is 67.3 Å². The van der Waals surface area contributed by atoms with Crippen molar-refractivity contribution in [2.45, 2.75) is 84.2 Å². The maximum atomic E-state index is 13.7. The molecule has 0 aliphatic carbocycles. The summed E-state index contributed by atoms with van der Waals surface area (Å²) >= 11 is 0. The van der Waals surface area contributed by atoms with E-state index in [1.807, 2.05) is 27.7 Å². The summed E-state index contributed by atoms with van der Waals surface area (Å²) in [5, 5.41) is 12.0. The normalized spacial score (nSPS) is 23.7. The van der Waals surface area contributed by atoms with E-state index in [2.05, 4.69) is 15.5 Å². The fraction of sp³-hybridized carbons (Fsp3) is 0.667. The Morgan fingerprint density at radius 2 is 2.00 bits per heavy atom. The van der Waals surface area contributed by atoms with E-state index in [-0.39, 0.29) is 31.0 Å². The van der Waals surface area contributed by atoms with Crippen molar-refractivity contribution >= 4 is 11.7 Å². The first-order valence-electron chi connectivity index (χ1n) is 10.8. The smallest absolute Gasteiger partial charge is 0.367 e. The van der Waals surface area contributed by atoms with Gasteiger partial charge in [-0.3, -0.25) is 9.48 Å². The number of carbonyl (C=O) groups excluding carboxylic acids is 1. The number of aryl methyl sites for hydroxylation is 1. The quantitative estimate of drug-likeness (QED) is 0.782. The first-order valence-corrected chi connectivity index (χ1v) is 10.8. The minimum absolute atomic E-state index is 0.0429. The van der Waals surface area contributed by atoms with Crippen LogP contribution in [-0.4, -0.2) is 49.1 Å². The number of alkyl halides is 3. The number of carbonyl (C=O) groups is 1. The maximum Gasteiger partial charge on any atom is 0.410 e. The Morgan fingerprint density at radius 1 is 1.26 bits per heavy atom. The van der Waals surface area contributed by atoms with E-state index < -0.39 is 12.2 Å². The van der Waals surface area contributed by atoms with Gasteiger partial charge in [-0.2, -0.15) is 23.4 Å². The third-order valence-electron chi connectivity index (χ3n) is 6.72. The van der Waals surface area contributed by atoms with Gasteiger partial charge in [0, 0.05) is 24.3 Å². The molecule has 1 unspecified atom stereocenters. The van der Waals surface area contributed by atoms with Crippen LogP contribution in [0.3, 0.4) is 0 Å². The number of hydrogen-bond donors (Lipinski definition) is 1. The van der Waals surface area contributed by atoms with Crippen molar-refractivity contribution < 1.29 is 18.0 Å². The van der Waals surface area contributed by atoms with Crippen molar-refractivity contribution in [2.24, 2.45) is 0 Å². The molecule has 1 fully saturated rings. The van der Waals surface area contributed by atoms with Crippen molar-refractivity contribution in [1.82, 2.24) is 24.5 Å². The minimum Gasteiger partial charge on any atom is -0.367 e. The zero-order valence-corrected chi connectivity index (χ0v) is 18.3. The molecule has 0 bridgehead atoms. The molecule has 3 atom stereocenters. The van der Waals surface area contributed by atoms with Gasteiger partial charge in [0.25, 0.3) is 0 Å². The van der Waals surface area contributed by atoms with Gasteiger partial charge in [-0.05, 0) is 52.0 Å². The first-order chi connectivity index (χ1) is 14.6. The van der Waals surface area contributed by atoms with Crippen molar-refractivity contribution in [3.05, 3.63) is 28.7 Å². The molecule has 1 saturated heterocycles. The highest BCUT2D eigenvalue weighted by molar-refractivity contribution is 5.77. The van der Waals surface area contributed by atoms with E-state index in [0.717, 1.165) is 28.1 Å². The van der Waals surface area contributed by atoms with Crippen LogP contribution in [0.2, 0.25) is 0 Å². The molecule has 4 rings (SSSR count). The van der Waals surface area contributed by atoms with Crippen LogP contribution >= 0.6 is 0 Å². The molecule has 2 aromatic rings. The second kappa shape index (κ2) is 7.87. The summed E-state index contributed by atoms with van der Waals surface area (Å²) in [7, 11) is 0. The Balaban J connectivity index is 1.59. The number of halogens is 3. The number of nitrogens with one attached hydrogen (secondary N) is 1. The third kappa shape index (κ3) is 3.92. The first kappa shape index (κ1) is 21.7. The average molecular weight is 438 g/mol. The van der Waals surface area contributed by atoms with Crippen LogP contribution in [0.15, 0.2) is 6.07 Å². The molecular weight excluding hydrogens is 409 g/mol. The van der Waals surface area contributed by atoms with Crippen LogP contribution in [0.5, 0.6) is 0 Å². The molecule has 0 spiro atoms. The Morgan fingerprint density at radius 3 is 2.61 bits per heavy atom. The standard InChI is InChI=1S/C21H29F3N6O/c1-5-15-9-18(21(22,23)24)30-19(25-15)10-16(27-30)17-7-6-8-28(17)20(31)11-29-14(4)12(2)13(3)26-29/h10,15,17-18,25H,5-9,11H2,1-4H3/t15-,17?,18-/m1/s1. The molecule has 7 nitrogen and oxygen atoms in total. The number of hydrogen-bond acceptors (Lipinski definition) is 4. The van der Waals surface area contributed by atoms with Crippen LogP contribution in [-0.2, 0) is 11.3 Å². The Labute approximate surface area is 179 Å². The number of rotatable bonds is 4.